The van der Waals surface area contributed by atoms with Crippen LogP contribution in [-0.2, 0) is 10.0 Å². The normalized spacial score (nSPS) is 17.8. The summed E-state index contributed by atoms with van der Waals surface area (Å²) >= 11 is 3.30. The number of halogens is 1. The average molecular weight is 359 g/mol. The summed E-state index contributed by atoms with van der Waals surface area (Å²) in [5, 5.41) is 8.58. The topological polar surface area (TPSA) is 65.6 Å². The molecule has 20 heavy (non-hydrogen) atoms. The number of hydrogen-bond acceptors (Lipinski definition) is 3. The zero-order chi connectivity index (χ0) is 14.6. The van der Waals surface area contributed by atoms with Gasteiger partial charge in [0.1, 0.15) is 0 Å². The van der Waals surface area contributed by atoms with Crippen LogP contribution < -0.4 is 4.90 Å². The van der Waals surface area contributed by atoms with Gasteiger partial charge in [0.05, 0.1) is 50.1 Å². The van der Waals surface area contributed by atoms with Crippen LogP contribution >= 0.6 is 15.9 Å². The highest BCUT2D eigenvalue weighted by Crippen LogP contribution is 2.24. The van der Waals surface area contributed by atoms with E-state index < -0.39 is 10.0 Å². The molecule has 1 heterocycles. The van der Waals surface area contributed by atoms with E-state index in [4.69, 9.17) is 5.26 Å². The second kappa shape index (κ2) is 6.68. The van der Waals surface area contributed by atoms with Crippen LogP contribution in [0.1, 0.15) is 6.42 Å². The quantitative estimate of drug-likeness (QED) is 0.838. The SMILES string of the molecule is N#CCC[NH+]1CCN(S(=O)(=O)c2ccccc2Br)CC1. The van der Waals surface area contributed by atoms with Gasteiger partial charge in [-0.2, -0.15) is 9.57 Å². The molecule has 0 saturated carbocycles. The minimum Gasteiger partial charge on any atom is -0.332 e. The van der Waals surface area contributed by atoms with Crippen molar-refractivity contribution in [2.75, 3.05) is 32.7 Å². The van der Waals surface area contributed by atoms with Gasteiger partial charge in [0.2, 0.25) is 10.0 Å². The van der Waals surface area contributed by atoms with E-state index in [9.17, 15) is 8.42 Å². The average Bonchev–Trinajstić information content (AvgIpc) is 2.46. The Kier molecular flexibility index (Phi) is 5.16. The van der Waals surface area contributed by atoms with Crippen LogP contribution in [0.4, 0.5) is 0 Å². The largest absolute Gasteiger partial charge is 0.332 e. The van der Waals surface area contributed by atoms with Crippen molar-refractivity contribution in [1.29, 1.82) is 5.26 Å². The molecular weight excluding hydrogens is 342 g/mol. The van der Waals surface area contributed by atoms with Gasteiger partial charge in [0.15, 0.2) is 0 Å². The molecule has 5 nitrogen and oxygen atoms in total. The van der Waals surface area contributed by atoms with Crippen molar-refractivity contribution in [2.45, 2.75) is 11.3 Å². The Morgan fingerprint density at radius 1 is 1.30 bits per heavy atom. The first-order valence-electron chi connectivity index (χ1n) is 6.51. The van der Waals surface area contributed by atoms with E-state index >= 15 is 0 Å². The molecule has 1 aromatic rings. The van der Waals surface area contributed by atoms with Crippen LogP contribution in [0.25, 0.3) is 0 Å². The monoisotopic (exact) mass is 358 g/mol. The van der Waals surface area contributed by atoms with Gasteiger partial charge in [0.25, 0.3) is 0 Å². The van der Waals surface area contributed by atoms with Gasteiger partial charge in [0, 0.05) is 4.47 Å². The van der Waals surface area contributed by atoms with E-state index in [0.717, 1.165) is 19.6 Å². The zero-order valence-electron chi connectivity index (χ0n) is 11.0. The predicted molar refractivity (Wildman–Crippen MR) is 78.7 cm³/mol. The van der Waals surface area contributed by atoms with Gasteiger partial charge >= 0.3 is 0 Å². The number of benzene rings is 1. The van der Waals surface area contributed by atoms with Crippen molar-refractivity contribution in [3.05, 3.63) is 28.7 Å². The Morgan fingerprint density at radius 2 is 1.95 bits per heavy atom. The molecule has 0 aliphatic carbocycles. The second-order valence-corrected chi connectivity index (χ2v) is 7.50. The first-order chi connectivity index (χ1) is 9.55. The fourth-order valence-electron chi connectivity index (χ4n) is 2.32. The number of piperazine rings is 1. The third kappa shape index (κ3) is 3.38. The smallest absolute Gasteiger partial charge is 0.244 e. The molecule has 1 saturated heterocycles. The lowest BCUT2D eigenvalue weighted by atomic mass is 10.3. The first kappa shape index (κ1) is 15.4. The summed E-state index contributed by atoms with van der Waals surface area (Å²) in [5.74, 6) is 0. The molecule has 0 atom stereocenters. The molecule has 1 aromatic carbocycles. The third-order valence-corrected chi connectivity index (χ3v) is 6.39. The van der Waals surface area contributed by atoms with E-state index in [1.165, 1.54) is 9.21 Å². The van der Waals surface area contributed by atoms with Crippen molar-refractivity contribution in [2.24, 2.45) is 0 Å². The zero-order valence-corrected chi connectivity index (χ0v) is 13.5. The summed E-state index contributed by atoms with van der Waals surface area (Å²) in [6, 6.07) is 9.01. The van der Waals surface area contributed by atoms with E-state index in [0.29, 0.717) is 28.9 Å². The van der Waals surface area contributed by atoms with Crippen molar-refractivity contribution >= 4 is 26.0 Å². The van der Waals surface area contributed by atoms with E-state index in [1.807, 2.05) is 0 Å². The third-order valence-electron chi connectivity index (χ3n) is 3.47. The van der Waals surface area contributed by atoms with Gasteiger partial charge in [-0.05, 0) is 28.1 Å². The Bertz CT molecular complexity index is 604. The van der Waals surface area contributed by atoms with Crippen LogP contribution in [0.2, 0.25) is 0 Å². The molecular formula is C13H17BrN3O2S+. The Balaban J connectivity index is 2.07. The minimum absolute atomic E-state index is 0.320. The van der Waals surface area contributed by atoms with Crippen molar-refractivity contribution in [3.63, 3.8) is 0 Å². The van der Waals surface area contributed by atoms with Gasteiger partial charge in [-0.25, -0.2) is 8.42 Å². The molecule has 2 rings (SSSR count). The molecule has 0 spiro atoms. The predicted octanol–water partition coefficient (Wildman–Crippen LogP) is 0.252. The lowest BCUT2D eigenvalue weighted by molar-refractivity contribution is -0.903. The lowest BCUT2D eigenvalue weighted by Gasteiger charge is -2.31. The van der Waals surface area contributed by atoms with Crippen molar-refractivity contribution in [3.8, 4) is 6.07 Å². The highest BCUT2D eigenvalue weighted by molar-refractivity contribution is 9.10. The summed E-state index contributed by atoms with van der Waals surface area (Å²) in [6.07, 6.45) is 0.520. The van der Waals surface area contributed by atoms with Gasteiger partial charge in [-0.3, -0.25) is 0 Å². The standard InChI is InChI=1S/C13H16BrN3O2S/c14-12-4-1-2-5-13(12)20(18,19)17-10-8-16(9-11-17)7-3-6-15/h1-2,4-5H,3,7-11H2/p+1. The fraction of sp³-hybridized carbons (Fsp3) is 0.462. The summed E-state index contributed by atoms with van der Waals surface area (Å²) < 4.78 is 27.3. The molecule has 0 bridgehead atoms. The first-order valence-corrected chi connectivity index (χ1v) is 8.74. The maximum atomic E-state index is 12.6. The van der Waals surface area contributed by atoms with Crippen LogP contribution in [0.3, 0.4) is 0 Å². The Labute approximate surface area is 128 Å². The number of quaternary nitrogens is 1. The van der Waals surface area contributed by atoms with Gasteiger partial charge in [-0.1, -0.05) is 12.1 Å². The van der Waals surface area contributed by atoms with Crippen LogP contribution in [0, 0.1) is 11.3 Å². The maximum Gasteiger partial charge on any atom is 0.244 e. The van der Waals surface area contributed by atoms with Crippen LogP contribution in [0.15, 0.2) is 33.6 Å². The van der Waals surface area contributed by atoms with E-state index in [2.05, 4.69) is 22.0 Å². The molecule has 0 amide bonds. The summed E-state index contributed by atoms with van der Waals surface area (Å²) in [5.41, 5.74) is 0. The molecule has 0 aromatic heterocycles. The van der Waals surface area contributed by atoms with E-state index in [1.54, 1.807) is 24.3 Å². The number of nitrogens with zero attached hydrogens (tertiary/aromatic N) is 2. The maximum absolute atomic E-state index is 12.6. The van der Waals surface area contributed by atoms with Crippen molar-refractivity contribution in [1.82, 2.24) is 4.31 Å². The molecule has 1 N–H and O–H groups in total. The second-order valence-electron chi connectivity index (χ2n) is 4.74. The molecule has 1 aliphatic heterocycles. The summed E-state index contributed by atoms with van der Waals surface area (Å²) in [7, 11) is -3.43. The lowest BCUT2D eigenvalue weighted by Crippen LogP contribution is -3.14. The molecule has 1 fully saturated rings. The summed E-state index contributed by atoms with van der Waals surface area (Å²) in [4.78, 5) is 1.62. The molecule has 7 heteroatoms. The highest BCUT2D eigenvalue weighted by Gasteiger charge is 2.31. The van der Waals surface area contributed by atoms with Crippen molar-refractivity contribution < 1.29 is 13.3 Å². The number of nitrogens with one attached hydrogen (secondary N) is 1. The van der Waals surface area contributed by atoms with Gasteiger partial charge < -0.3 is 4.90 Å². The minimum atomic E-state index is -3.43. The molecule has 0 unspecified atom stereocenters. The van der Waals surface area contributed by atoms with Crippen LogP contribution in [-0.4, -0.2) is 45.4 Å². The highest BCUT2D eigenvalue weighted by atomic mass is 79.9. The molecule has 108 valence electrons. The fourth-order valence-corrected chi connectivity index (χ4v) is 4.72. The summed E-state index contributed by atoms with van der Waals surface area (Å²) in [6.45, 7) is 3.31. The Hall–Kier alpha value is -0.940. The Morgan fingerprint density at radius 3 is 2.55 bits per heavy atom. The van der Waals surface area contributed by atoms with Gasteiger partial charge in [-0.15, -0.1) is 0 Å². The molecule has 0 radical (unpaired) electrons. The number of rotatable bonds is 4. The number of hydrogen-bond donors (Lipinski definition) is 1. The molecule has 1 aliphatic rings. The number of nitriles is 1. The number of sulfonamides is 1. The van der Waals surface area contributed by atoms with E-state index in [-0.39, 0.29) is 0 Å². The van der Waals surface area contributed by atoms with Crippen LogP contribution in [0.5, 0.6) is 0 Å².